The summed E-state index contributed by atoms with van der Waals surface area (Å²) in [6, 6.07) is 0. The van der Waals surface area contributed by atoms with Gasteiger partial charge < -0.3 is 0 Å². The topological polar surface area (TPSA) is 38.7 Å². The molecule has 3 nitrogen and oxygen atoms in total. The number of halogens is 4. The molecule has 1 aromatic rings. The van der Waals surface area contributed by atoms with Crippen molar-refractivity contribution in [2.24, 2.45) is 5.92 Å². The van der Waals surface area contributed by atoms with Gasteiger partial charge in [0.1, 0.15) is 4.90 Å². The molecule has 1 aromatic carbocycles. The molecule has 1 atom stereocenters. The quantitative estimate of drug-likeness (QED) is 0.0300. The molecule has 0 aliphatic heterocycles. The molecule has 0 bridgehead atoms. The SMILES string of the molecule is CCCCCCCCCCC(CCCCCCCC)CSc1c(F)c(F)c(SOOO)c(F)c1F. The summed E-state index contributed by atoms with van der Waals surface area (Å²) in [6.07, 6.45) is 18.6. The summed E-state index contributed by atoms with van der Waals surface area (Å²) in [7, 11) is 0. The maximum Gasteiger partial charge on any atom is 0.179 e. The van der Waals surface area contributed by atoms with E-state index < -0.39 is 33.1 Å². The Bertz CT molecular complexity index is 666. The van der Waals surface area contributed by atoms with Gasteiger partial charge in [0, 0.05) is 5.75 Å². The number of hydrogen-bond donors (Lipinski definition) is 1. The zero-order valence-electron chi connectivity index (χ0n) is 21.2. The molecule has 0 saturated carbocycles. The van der Waals surface area contributed by atoms with Crippen LogP contribution in [0.4, 0.5) is 17.6 Å². The van der Waals surface area contributed by atoms with Gasteiger partial charge in [0.15, 0.2) is 23.3 Å². The van der Waals surface area contributed by atoms with E-state index in [1.807, 2.05) is 0 Å². The van der Waals surface area contributed by atoms with Gasteiger partial charge in [-0.05, 0) is 18.8 Å². The average molecular weight is 543 g/mol. The molecule has 0 aliphatic carbocycles. The molecule has 0 spiro atoms. The molecule has 9 heteroatoms. The highest BCUT2D eigenvalue weighted by Gasteiger charge is 2.27. The van der Waals surface area contributed by atoms with Crippen LogP contribution >= 0.6 is 23.8 Å². The fourth-order valence-electron chi connectivity index (χ4n) is 4.13. The smallest absolute Gasteiger partial charge is 0.179 e. The zero-order valence-corrected chi connectivity index (χ0v) is 22.8. The van der Waals surface area contributed by atoms with Gasteiger partial charge in [-0.1, -0.05) is 109 Å². The first-order valence-corrected chi connectivity index (χ1v) is 14.8. The molecule has 1 unspecified atom stereocenters. The van der Waals surface area contributed by atoms with Gasteiger partial charge in [0.25, 0.3) is 0 Å². The van der Waals surface area contributed by atoms with Crippen LogP contribution in [0.15, 0.2) is 9.79 Å². The largest absolute Gasteiger partial charge is 0.220 e. The monoisotopic (exact) mass is 542 g/mol. The normalized spacial score (nSPS) is 12.4. The summed E-state index contributed by atoms with van der Waals surface area (Å²) in [4.78, 5) is -1.70. The van der Waals surface area contributed by atoms with Gasteiger partial charge in [-0.2, -0.15) is 0 Å². The molecule has 1 rings (SSSR count). The summed E-state index contributed by atoms with van der Waals surface area (Å²) in [6.45, 7) is 4.39. The summed E-state index contributed by atoms with van der Waals surface area (Å²) in [5.41, 5.74) is 0. The van der Waals surface area contributed by atoms with E-state index in [9.17, 15) is 17.6 Å². The Morgan fingerprint density at radius 3 is 1.46 bits per heavy atom. The first-order valence-electron chi connectivity index (χ1n) is 13.1. The number of hydrogen-bond acceptors (Lipinski definition) is 5. The van der Waals surface area contributed by atoms with Crippen LogP contribution in [0.3, 0.4) is 0 Å². The molecule has 0 aliphatic rings. The minimum absolute atomic E-state index is 0.136. The van der Waals surface area contributed by atoms with E-state index >= 15 is 0 Å². The summed E-state index contributed by atoms with van der Waals surface area (Å²) in [5, 5.41) is 11.4. The molecule has 1 N–H and O–H groups in total. The van der Waals surface area contributed by atoms with Crippen molar-refractivity contribution in [1.29, 1.82) is 0 Å². The molecule has 35 heavy (non-hydrogen) atoms. The molecule has 0 fully saturated rings. The van der Waals surface area contributed by atoms with Gasteiger partial charge in [-0.25, -0.2) is 22.8 Å². The second kappa shape index (κ2) is 20.6. The lowest BCUT2D eigenvalue weighted by atomic mass is 9.95. The Labute approximate surface area is 217 Å². The third-order valence-electron chi connectivity index (χ3n) is 6.23. The van der Waals surface area contributed by atoms with Gasteiger partial charge in [0.2, 0.25) is 0 Å². The van der Waals surface area contributed by atoms with Gasteiger partial charge in [-0.15, -0.1) is 16.1 Å². The standard InChI is InChI=1S/C26H42F4O3S2/c1-3-5-7-9-11-12-14-16-18-20(17-15-13-10-8-6-4-2)19-34-25-21(27)23(29)26(35-33-32-31)24(30)22(25)28/h20,31H,3-19H2,1-2H3. The number of thioether (sulfide) groups is 1. The van der Waals surface area contributed by atoms with E-state index in [2.05, 4.69) is 23.2 Å². The van der Waals surface area contributed by atoms with E-state index in [4.69, 9.17) is 5.26 Å². The Hall–Kier alpha value is -0.480. The zero-order chi connectivity index (χ0) is 25.9. The third-order valence-corrected chi connectivity index (χ3v) is 8.16. The van der Waals surface area contributed by atoms with Crippen molar-refractivity contribution in [3.8, 4) is 0 Å². The lowest BCUT2D eigenvalue weighted by Crippen LogP contribution is -2.07. The minimum atomic E-state index is -1.57. The average Bonchev–Trinajstić information content (AvgIpc) is 2.85. The maximum absolute atomic E-state index is 14.5. The summed E-state index contributed by atoms with van der Waals surface area (Å²) < 4.78 is 61.5. The number of unbranched alkanes of at least 4 members (excludes halogenated alkanes) is 12. The second-order valence-electron chi connectivity index (χ2n) is 9.14. The molecular formula is C26H42F4O3S2. The number of rotatable bonds is 22. The van der Waals surface area contributed by atoms with Crippen molar-refractivity contribution in [1.82, 2.24) is 0 Å². The molecular weight excluding hydrogens is 500 g/mol. The van der Waals surface area contributed by atoms with Crippen molar-refractivity contribution in [3.05, 3.63) is 23.3 Å². The van der Waals surface area contributed by atoms with E-state index in [0.717, 1.165) is 50.3 Å². The molecule has 0 saturated heterocycles. The van der Waals surface area contributed by atoms with Crippen molar-refractivity contribution in [2.45, 2.75) is 126 Å². The van der Waals surface area contributed by atoms with Crippen LogP contribution < -0.4 is 0 Å². The van der Waals surface area contributed by atoms with E-state index in [-0.39, 0.29) is 18.0 Å². The van der Waals surface area contributed by atoms with Crippen LogP contribution in [0.1, 0.15) is 117 Å². The molecule has 0 aromatic heterocycles. The Morgan fingerprint density at radius 2 is 1.03 bits per heavy atom. The highest BCUT2D eigenvalue weighted by molar-refractivity contribution is 7.99. The van der Waals surface area contributed by atoms with Crippen molar-refractivity contribution in [2.75, 3.05) is 5.75 Å². The minimum Gasteiger partial charge on any atom is -0.220 e. The van der Waals surface area contributed by atoms with Crippen LogP contribution in [-0.2, 0) is 9.37 Å². The van der Waals surface area contributed by atoms with E-state index in [0.29, 0.717) is 5.75 Å². The van der Waals surface area contributed by atoms with Crippen LogP contribution in [0.5, 0.6) is 0 Å². The lowest BCUT2D eigenvalue weighted by molar-refractivity contribution is -0.432. The maximum atomic E-state index is 14.5. The predicted molar refractivity (Wildman–Crippen MR) is 136 cm³/mol. The molecule has 0 amide bonds. The van der Waals surface area contributed by atoms with Crippen molar-refractivity contribution < 1.29 is 32.2 Å². The Kier molecular flexibility index (Phi) is 19.1. The molecule has 0 radical (unpaired) electrons. The second-order valence-corrected chi connectivity index (χ2v) is 10.9. The first kappa shape index (κ1) is 32.5. The fraction of sp³-hybridized carbons (Fsp3) is 0.769. The Morgan fingerprint density at radius 1 is 0.629 bits per heavy atom. The highest BCUT2D eigenvalue weighted by Crippen LogP contribution is 2.38. The fourth-order valence-corrected chi connectivity index (χ4v) is 5.73. The predicted octanol–water partition coefficient (Wildman–Crippen LogP) is 10.7. The van der Waals surface area contributed by atoms with Crippen LogP contribution in [0.25, 0.3) is 0 Å². The van der Waals surface area contributed by atoms with Gasteiger partial charge >= 0.3 is 0 Å². The van der Waals surface area contributed by atoms with Crippen LogP contribution in [0.2, 0.25) is 0 Å². The number of benzene rings is 1. The third kappa shape index (κ3) is 13.0. The van der Waals surface area contributed by atoms with Crippen molar-refractivity contribution >= 4 is 23.8 Å². The Balaban J connectivity index is 2.67. The first-order chi connectivity index (χ1) is 17.0. The van der Waals surface area contributed by atoms with E-state index in [1.165, 1.54) is 64.2 Å². The van der Waals surface area contributed by atoms with Crippen LogP contribution in [-0.4, -0.2) is 11.0 Å². The highest BCUT2D eigenvalue weighted by atomic mass is 32.2. The van der Waals surface area contributed by atoms with Gasteiger partial charge in [-0.3, -0.25) is 0 Å². The van der Waals surface area contributed by atoms with Crippen LogP contribution in [0, 0.1) is 29.2 Å². The van der Waals surface area contributed by atoms with Crippen molar-refractivity contribution in [3.63, 3.8) is 0 Å². The van der Waals surface area contributed by atoms with Gasteiger partial charge in [0.05, 0.1) is 16.9 Å². The summed E-state index contributed by atoms with van der Waals surface area (Å²) in [5.74, 6) is -5.41. The summed E-state index contributed by atoms with van der Waals surface area (Å²) >= 11 is 0.696. The molecule has 204 valence electrons. The lowest BCUT2D eigenvalue weighted by Gasteiger charge is -2.18. The molecule has 0 heterocycles. The van der Waals surface area contributed by atoms with E-state index in [1.54, 1.807) is 0 Å².